The third-order valence-electron chi connectivity index (χ3n) is 1.75. The van der Waals surface area contributed by atoms with Crippen LogP contribution in [0.3, 0.4) is 0 Å². The van der Waals surface area contributed by atoms with Crippen LogP contribution in [-0.4, -0.2) is 14.2 Å². The highest BCUT2D eigenvalue weighted by Crippen LogP contribution is 2.15. The average Bonchev–Trinajstić information content (AvgIpc) is 2.18. The largest absolute Gasteiger partial charge is 0.250 e. The van der Waals surface area contributed by atoms with Gasteiger partial charge < -0.3 is 0 Å². The number of sulfonamides is 1. The normalized spacial score (nSPS) is 11.3. The molecular weight excluding hydrogens is 230 g/mol. The van der Waals surface area contributed by atoms with Crippen LogP contribution in [0, 0.1) is 6.92 Å². The predicted octanol–water partition coefficient (Wildman–Crippen LogP) is 2.11. The molecule has 0 fully saturated rings. The molecule has 0 heterocycles. The van der Waals surface area contributed by atoms with Gasteiger partial charge in [-0.3, -0.25) is 0 Å². The fourth-order valence-corrected chi connectivity index (χ4v) is 3.19. The maximum atomic E-state index is 11.8. The van der Waals surface area contributed by atoms with Gasteiger partial charge in [-0.1, -0.05) is 36.2 Å². The van der Waals surface area contributed by atoms with Crippen molar-refractivity contribution >= 4 is 22.0 Å². The first kappa shape index (κ1) is 12.3. The van der Waals surface area contributed by atoms with Crippen molar-refractivity contribution in [3.05, 3.63) is 42.5 Å². The second-order valence-electron chi connectivity index (χ2n) is 2.95. The first-order valence-corrected chi connectivity index (χ1v) is 6.85. The van der Waals surface area contributed by atoms with E-state index in [2.05, 4.69) is 10.7 Å². The number of aryl methyl sites for hydroxylation is 1. The van der Waals surface area contributed by atoms with E-state index in [9.17, 15) is 8.42 Å². The lowest BCUT2D eigenvalue weighted by atomic mass is 10.2. The summed E-state index contributed by atoms with van der Waals surface area (Å²) in [5.74, 6) is 0.547. The van der Waals surface area contributed by atoms with Crippen molar-refractivity contribution in [3.8, 4) is 0 Å². The molecule has 15 heavy (non-hydrogen) atoms. The van der Waals surface area contributed by atoms with Gasteiger partial charge in [-0.2, -0.15) is 4.13 Å². The molecule has 0 aliphatic heterocycles. The molecule has 3 nitrogen and oxygen atoms in total. The summed E-state index contributed by atoms with van der Waals surface area (Å²) >= 11 is 1.11. The zero-order valence-electron chi connectivity index (χ0n) is 8.43. The highest BCUT2D eigenvalue weighted by Gasteiger charge is 2.15. The van der Waals surface area contributed by atoms with E-state index in [4.69, 9.17) is 0 Å². The zero-order valence-corrected chi connectivity index (χ0v) is 10.1. The topological polar surface area (TPSA) is 46.2 Å². The summed E-state index contributed by atoms with van der Waals surface area (Å²) in [6.07, 6.45) is 1.64. The third-order valence-corrected chi connectivity index (χ3v) is 4.54. The molecule has 1 rings (SSSR count). The fraction of sp³-hybridized carbons (Fsp3) is 0.200. The lowest BCUT2D eigenvalue weighted by Crippen LogP contribution is -2.17. The van der Waals surface area contributed by atoms with Crippen molar-refractivity contribution in [2.24, 2.45) is 0 Å². The summed E-state index contributed by atoms with van der Waals surface area (Å²) in [6, 6.07) is 6.88. The smallest absolute Gasteiger partial charge is 0.206 e. The molecule has 5 heteroatoms. The van der Waals surface area contributed by atoms with E-state index in [1.54, 1.807) is 31.2 Å². The monoisotopic (exact) mass is 243 g/mol. The van der Waals surface area contributed by atoms with Crippen molar-refractivity contribution in [2.75, 3.05) is 5.75 Å². The van der Waals surface area contributed by atoms with Gasteiger partial charge in [0.25, 0.3) is 0 Å². The van der Waals surface area contributed by atoms with Crippen LogP contribution in [0.15, 0.2) is 41.8 Å². The van der Waals surface area contributed by atoms with Crippen LogP contribution in [0.2, 0.25) is 0 Å². The standard InChI is InChI=1S/C10H13NO2S2/c1-3-8-14-11-15(12,13)10-7-5-4-6-9(10)2/h3-7,11H,1,8H2,2H3. The molecule has 0 amide bonds. The minimum atomic E-state index is -3.40. The molecule has 0 saturated carbocycles. The number of rotatable bonds is 5. The van der Waals surface area contributed by atoms with Crippen LogP contribution >= 0.6 is 11.9 Å². The van der Waals surface area contributed by atoms with E-state index in [1.807, 2.05) is 6.07 Å². The maximum Gasteiger partial charge on any atom is 0.250 e. The van der Waals surface area contributed by atoms with Gasteiger partial charge in [-0.05, 0) is 18.6 Å². The summed E-state index contributed by atoms with van der Waals surface area (Å²) in [7, 11) is -3.40. The molecular formula is C10H13NO2S2. The van der Waals surface area contributed by atoms with Crippen molar-refractivity contribution < 1.29 is 8.42 Å². The van der Waals surface area contributed by atoms with Crippen LogP contribution < -0.4 is 4.13 Å². The van der Waals surface area contributed by atoms with Gasteiger partial charge in [0.1, 0.15) is 0 Å². The van der Waals surface area contributed by atoms with Gasteiger partial charge in [0, 0.05) is 5.75 Å². The van der Waals surface area contributed by atoms with Gasteiger partial charge in [0.05, 0.1) is 4.90 Å². The second-order valence-corrected chi connectivity index (χ2v) is 5.69. The van der Waals surface area contributed by atoms with Crippen LogP contribution in [0.1, 0.15) is 5.56 Å². The van der Waals surface area contributed by atoms with Crippen molar-refractivity contribution in [2.45, 2.75) is 11.8 Å². The Morgan fingerprint density at radius 3 is 2.73 bits per heavy atom. The molecule has 0 aliphatic rings. The molecule has 82 valence electrons. The molecule has 0 radical (unpaired) electrons. The Morgan fingerprint density at radius 2 is 2.13 bits per heavy atom. The molecule has 1 aromatic carbocycles. The minimum Gasteiger partial charge on any atom is -0.206 e. The molecule has 0 atom stereocenters. The summed E-state index contributed by atoms with van der Waals surface area (Å²) in [6.45, 7) is 5.29. The van der Waals surface area contributed by atoms with Gasteiger partial charge in [0.2, 0.25) is 10.0 Å². The third kappa shape index (κ3) is 3.37. The van der Waals surface area contributed by atoms with Gasteiger partial charge >= 0.3 is 0 Å². The lowest BCUT2D eigenvalue weighted by Gasteiger charge is -2.07. The fourth-order valence-electron chi connectivity index (χ4n) is 1.07. The Balaban J connectivity index is 2.87. The molecule has 0 bridgehead atoms. The average molecular weight is 243 g/mol. The Hall–Kier alpha value is -0.780. The number of hydrogen-bond acceptors (Lipinski definition) is 3. The van der Waals surface area contributed by atoms with Crippen molar-refractivity contribution in [3.63, 3.8) is 0 Å². The summed E-state index contributed by atoms with van der Waals surface area (Å²) in [5, 5.41) is 0. The Kier molecular flexibility index (Phi) is 4.38. The van der Waals surface area contributed by atoms with E-state index in [0.29, 0.717) is 10.6 Å². The Labute approximate surface area is 94.8 Å². The summed E-state index contributed by atoms with van der Waals surface area (Å²) < 4.78 is 26.0. The first-order valence-electron chi connectivity index (χ1n) is 4.38. The number of hydrogen-bond donors (Lipinski definition) is 1. The first-order chi connectivity index (χ1) is 7.08. The predicted molar refractivity (Wildman–Crippen MR) is 64.2 cm³/mol. The summed E-state index contributed by atoms with van der Waals surface area (Å²) in [5.41, 5.74) is 0.740. The molecule has 0 saturated heterocycles. The lowest BCUT2D eigenvalue weighted by molar-refractivity contribution is 0.594. The van der Waals surface area contributed by atoms with Crippen LogP contribution in [0.5, 0.6) is 0 Å². The van der Waals surface area contributed by atoms with Gasteiger partial charge in [-0.15, -0.1) is 6.58 Å². The zero-order chi connectivity index (χ0) is 11.3. The quantitative estimate of drug-likeness (QED) is 0.489. The number of benzene rings is 1. The van der Waals surface area contributed by atoms with E-state index in [0.717, 1.165) is 17.5 Å². The highest BCUT2D eigenvalue weighted by atomic mass is 32.3. The minimum absolute atomic E-state index is 0.321. The van der Waals surface area contributed by atoms with Gasteiger partial charge in [-0.25, -0.2) is 8.42 Å². The SMILES string of the molecule is C=CCSNS(=O)(=O)c1ccccc1C. The number of nitrogens with one attached hydrogen (secondary N) is 1. The molecule has 0 unspecified atom stereocenters. The van der Waals surface area contributed by atoms with Crippen molar-refractivity contribution in [1.82, 2.24) is 4.13 Å². The molecule has 0 aliphatic carbocycles. The Morgan fingerprint density at radius 1 is 1.47 bits per heavy atom. The van der Waals surface area contributed by atoms with E-state index in [-0.39, 0.29) is 0 Å². The highest BCUT2D eigenvalue weighted by molar-refractivity contribution is 8.09. The van der Waals surface area contributed by atoms with Crippen LogP contribution in [-0.2, 0) is 10.0 Å². The van der Waals surface area contributed by atoms with Crippen LogP contribution in [0.25, 0.3) is 0 Å². The van der Waals surface area contributed by atoms with Gasteiger partial charge in [0.15, 0.2) is 0 Å². The van der Waals surface area contributed by atoms with E-state index >= 15 is 0 Å². The molecule has 0 spiro atoms. The summed E-state index contributed by atoms with van der Waals surface area (Å²) in [4.78, 5) is 0.321. The molecule has 0 aromatic heterocycles. The van der Waals surface area contributed by atoms with E-state index in [1.165, 1.54) is 0 Å². The van der Waals surface area contributed by atoms with E-state index < -0.39 is 10.0 Å². The Bertz CT molecular complexity index is 440. The van der Waals surface area contributed by atoms with Crippen molar-refractivity contribution in [1.29, 1.82) is 0 Å². The maximum absolute atomic E-state index is 11.8. The molecule has 1 aromatic rings. The molecule has 1 N–H and O–H groups in total. The second kappa shape index (κ2) is 5.34. The van der Waals surface area contributed by atoms with Crippen LogP contribution in [0.4, 0.5) is 0 Å².